The highest BCUT2D eigenvalue weighted by Gasteiger charge is 2.24. The van der Waals surface area contributed by atoms with Crippen LogP contribution < -0.4 is 5.73 Å². The fourth-order valence-electron chi connectivity index (χ4n) is 2.99. The van der Waals surface area contributed by atoms with E-state index >= 15 is 0 Å². The maximum atomic E-state index is 6.30. The number of para-hydroxylation sites is 1. The van der Waals surface area contributed by atoms with Crippen molar-refractivity contribution in [2.24, 2.45) is 5.73 Å². The van der Waals surface area contributed by atoms with Crippen LogP contribution >= 0.6 is 0 Å². The molecule has 4 nitrogen and oxygen atoms in total. The molecule has 2 aromatic rings. The van der Waals surface area contributed by atoms with Crippen molar-refractivity contribution in [1.82, 2.24) is 4.90 Å². The van der Waals surface area contributed by atoms with Crippen LogP contribution in [0.5, 0.6) is 0 Å². The molecule has 1 aliphatic heterocycles. The van der Waals surface area contributed by atoms with Gasteiger partial charge in [-0.3, -0.25) is 4.90 Å². The Morgan fingerprint density at radius 2 is 1.95 bits per heavy atom. The van der Waals surface area contributed by atoms with Gasteiger partial charge in [-0.2, -0.15) is 0 Å². The first-order valence-electron chi connectivity index (χ1n) is 7.23. The van der Waals surface area contributed by atoms with Crippen molar-refractivity contribution in [3.63, 3.8) is 0 Å². The first-order valence-corrected chi connectivity index (χ1v) is 7.23. The summed E-state index contributed by atoms with van der Waals surface area (Å²) in [6.45, 7) is 6.87. The summed E-state index contributed by atoms with van der Waals surface area (Å²) >= 11 is 0. The van der Waals surface area contributed by atoms with E-state index in [2.05, 4.69) is 18.7 Å². The maximum absolute atomic E-state index is 6.30. The number of hydrogen-bond acceptors (Lipinski definition) is 4. The van der Waals surface area contributed by atoms with Gasteiger partial charge in [0.2, 0.25) is 0 Å². The summed E-state index contributed by atoms with van der Waals surface area (Å²) in [6.07, 6.45) is 0.531. The lowest BCUT2D eigenvalue weighted by atomic mass is 10.1. The topological polar surface area (TPSA) is 51.6 Å². The van der Waals surface area contributed by atoms with Gasteiger partial charge < -0.3 is 14.9 Å². The molecule has 3 atom stereocenters. The van der Waals surface area contributed by atoms with E-state index < -0.39 is 0 Å². The second-order valence-electron chi connectivity index (χ2n) is 5.77. The van der Waals surface area contributed by atoms with Gasteiger partial charge in [-0.15, -0.1) is 0 Å². The van der Waals surface area contributed by atoms with Crippen molar-refractivity contribution in [3.05, 3.63) is 36.1 Å². The molecule has 108 valence electrons. The molecule has 20 heavy (non-hydrogen) atoms. The zero-order valence-electron chi connectivity index (χ0n) is 12.1. The van der Waals surface area contributed by atoms with Crippen LogP contribution in [0.25, 0.3) is 11.0 Å². The SMILES string of the molecule is C[C@@H]1CN(CC(N)c2cc3ccccc3o2)C[C@H](C)O1. The number of benzene rings is 1. The van der Waals surface area contributed by atoms with Gasteiger partial charge in [-0.25, -0.2) is 0 Å². The Morgan fingerprint density at radius 3 is 2.65 bits per heavy atom. The molecule has 1 fully saturated rings. The van der Waals surface area contributed by atoms with E-state index in [1.807, 2.05) is 30.3 Å². The summed E-state index contributed by atoms with van der Waals surface area (Å²) in [5.41, 5.74) is 7.21. The molecule has 2 N–H and O–H groups in total. The number of rotatable bonds is 3. The molecule has 4 heteroatoms. The Hall–Kier alpha value is -1.36. The normalized spacial score (nSPS) is 25.9. The molecule has 1 unspecified atom stereocenters. The molecular formula is C16H22N2O2. The van der Waals surface area contributed by atoms with Gasteiger partial charge in [-0.05, 0) is 26.0 Å². The zero-order valence-corrected chi connectivity index (χ0v) is 12.1. The quantitative estimate of drug-likeness (QED) is 0.934. The molecule has 0 amide bonds. The van der Waals surface area contributed by atoms with E-state index in [1.54, 1.807) is 0 Å². The fourth-order valence-corrected chi connectivity index (χ4v) is 2.99. The summed E-state index contributed by atoms with van der Waals surface area (Å²) in [6, 6.07) is 9.97. The molecular weight excluding hydrogens is 252 g/mol. The van der Waals surface area contributed by atoms with Gasteiger partial charge in [0, 0.05) is 25.0 Å². The monoisotopic (exact) mass is 274 g/mol. The van der Waals surface area contributed by atoms with Gasteiger partial charge in [-0.1, -0.05) is 18.2 Å². The number of furan rings is 1. The number of morpholine rings is 1. The first-order chi connectivity index (χ1) is 9.61. The van der Waals surface area contributed by atoms with Crippen LogP contribution in [0, 0.1) is 0 Å². The number of nitrogens with zero attached hydrogens (tertiary/aromatic N) is 1. The molecule has 0 saturated carbocycles. The standard InChI is InChI=1S/C16H22N2O2/c1-11-8-18(9-12(2)19-11)10-14(17)16-7-13-5-3-4-6-15(13)20-16/h3-7,11-12,14H,8-10,17H2,1-2H3/t11-,12+,14?. The molecule has 0 bridgehead atoms. The van der Waals surface area contributed by atoms with Gasteiger partial charge in [0.15, 0.2) is 0 Å². The molecule has 1 aromatic heterocycles. The predicted molar refractivity (Wildman–Crippen MR) is 79.6 cm³/mol. The third kappa shape index (κ3) is 2.87. The summed E-state index contributed by atoms with van der Waals surface area (Å²) in [5.74, 6) is 0.859. The van der Waals surface area contributed by atoms with Crippen LogP contribution in [0.1, 0.15) is 25.6 Å². The largest absolute Gasteiger partial charge is 0.459 e. The third-order valence-electron chi connectivity index (χ3n) is 3.76. The van der Waals surface area contributed by atoms with E-state index in [9.17, 15) is 0 Å². The summed E-state index contributed by atoms with van der Waals surface area (Å²) in [7, 11) is 0. The minimum absolute atomic E-state index is 0.0973. The van der Waals surface area contributed by atoms with Crippen molar-refractivity contribution in [2.45, 2.75) is 32.1 Å². The number of ether oxygens (including phenoxy) is 1. The minimum Gasteiger partial charge on any atom is -0.459 e. The fraction of sp³-hybridized carbons (Fsp3) is 0.500. The molecule has 0 radical (unpaired) electrons. The van der Waals surface area contributed by atoms with E-state index in [1.165, 1.54) is 0 Å². The lowest BCUT2D eigenvalue weighted by molar-refractivity contribution is -0.0695. The van der Waals surface area contributed by atoms with Gasteiger partial charge >= 0.3 is 0 Å². The Kier molecular flexibility index (Phi) is 3.78. The van der Waals surface area contributed by atoms with Gasteiger partial charge in [0.05, 0.1) is 18.2 Å². The van der Waals surface area contributed by atoms with Crippen molar-refractivity contribution < 1.29 is 9.15 Å². The van der Waals surface area contributed by atoms with E-state index in [0.717, 1.165) is 36.4 Å². The Labute approximate surface area is 119 Å². The summed E-state index contributed by atoms with van der Waals surface area (Å²) in [4.78, 5) is 2.36. The summed E-state index contributed by atoms with van der Waals surface area (Å²) in [5, 5.41) is 1.11. The van der Waals surface area contributed by atoms with E-state index in [-0.39, 0.29) is 18.2 Å². The highest BCUT2D eigenvalue weighted by Crippen LogP contribution is 2.24. The predicted octanol–water partition coefficient (Wildman–Crippen LogP) is 2.54. The van der Waals surface area contributed by atoms with Crippen LogP contribution in [0.15, 0.2) is 34.7 Å². The molecule has 0 aliphatic carbocycles. The average Bonchev–Trinajstić information content (AvgIpc) is 2.81. The Morgan fingerprint density at radius 1 is 1.25 bits per heavy atom. The molecule has 3 rings (SSSR count). The average molecular weight is 274 g/mol. The number of fused-ring (bicyclic) bond motifs is 1. The zero-order chi connectivity index (χ0) is 14.1. The maximum Gasteiger partial charge on any atom is 0.134 e. The lowest BCUT2D eigenvalue weighted by Crippen LogP contribution is -2.47. The molecule has 1 aromatic carbocycles. The highest BCUT2D eigenvalue weighted by atomic mass is 16.5. The van der Waals surface area contributed by atoms with Crippen LogP contribution in [-0.2, 0) is 4.74 Å². The minimum atomic E-state index is -0.0973. The second kappa shape index (κ2) is 5.56. The Balaban J connectivity index is 1.70. The van der Waals surface area contributed by atoms with Crippen molar-refractivity contribution >= 4 is 11.0 Å². The highest BCUT2D eigenvalue weighted by molar-refractivity contribution is 5.77. The van der Waals surface area contributed by atoms with Gasteiger partial charge in [0.1, 0.15) is 11.3 Å². The lowest BCUT2D eigenvalue weighted by Gasteiger charge is -2.36. The van der Waals surface area contributed by atoms with Crippen molar-refractivity contribution in [1.29, 1.82) is 0 Å². The molecule has 0 spiro atoms. The Bertz CT molecular complexity index is 538. The molecule has 2 heterocycles. The van der Waals surface area contributed by atoms with Crippen LogP contribution in [-0.4, -0.2) is 36.7 Å². The van der Waals surface area contributed by atoms with E-state index in [0.29, 0.717) is 0 Å². The van der Waals surface area contributed by atoms with Crippen LogP contribution in [0.2, 0.25) is 0 Å². The second-order valence-corrected chi connectivity index (χ2v) is 5.77. The van der Waals surface area contributed by atoms with Crippen LogP contribution in [0.4, 0.5) is 0 Å². The van der Waals surface area contributed by atoms with Crippen molar-refractivity contribution in [3.8, 4) is 0 Å². The third-order valence-corrected chi connectivity index (χ3v) is 3.76. The smallest absolute Gasteiger partial charge is 0.134 e. The molecule has 1 saturated heterocycles. The molecule has 1 aliphatic rings. The van der Waals surface area contributed by atoms with Crippen molar-refractivity contribution in [2.75, 3.05) is 19.6 Å². The first kappa shape index (κ1) is 13.6. The summed E-state index contributed by atoms with van der Waals surface area (Å²) < 4.78 is 11.6. The van der Waals surface area contributed by atoms with Gasteiger partial charge in [0.25, 0.3) is 0 Å². The van der Waals surface area contributed by atoms with E-state index in [4.69, 9.17) is 14.9 Å². The number of hydrogen-bond donors (Lipinski definition) is 1. The number of nitrogens with two attached hydrogens (primary N) is 1. The van der Waals surface area contributed by atoms with Crippen LogP contribution in [0.3, 0.4) is 0 Å².